The molecule has 0 amide bonds. The van der Waals surface area contributed by atoms with Gasteiger partial charge in [-0.3, -0.25) is 4.79 Å². The first-order valence-corrected chi connectivity index (χ1v) is 9.94. The first-order chi connectivity index (χ1) is 14.5. The molecule has 0 radical (unpaired) electrons. The van der Waals surface area contributed by atoms with Gasteiger partial charge in [0.15, 0.2) is 5.78 Å². The molecule has 6 nitrogen and oxygen atoms in total. The van der Waals surface area contributed by atoms with Gasteiger partial charge in [-0.25, -0.2) is 4.79 Å². The zero-order valence-corrected chi connectivity index (χ0v) is 17.2. The van der Waals surface area contributed by atoms with Gasteiger partial charge in [0, 0.05) is 23.6 Å². The summed E-state index contributed by atoms with van der Waals surface area (Å²) in [7, 11) is 1.55. The second kappa shape index (κ2) is 8.06. The number of benzene rings is 2. The predicted octanol–water partition coefficient (Wildman–Crippen LogP) is 4.04. The summed E-state index contributed by atoms with van der Waals surface area (Å²) in [4.78, 5) is 29.7. The topological polar surface area (TPSA) is 80.4 Å². The van der Waals surface area contributed by atoms with Crippen molar-refractivity contribution in [2.24, 2.45) is 0 Å². The number of fused-ring (bicyclic) bond motifs is 3. The molecule has 0 bridgehead atoms. The summed E-state index contributed by atoms with van der Waals surface area (Å²) >= 11 is 0. The van der Waals surface area contributed by atoms with Crippen LogP contribution in [-0.4, -0.2) is 36.5 Å². The normalized spacial score (nSPS) is 15.7. The summed E-state index contributed by atoms with van der Waals surface area (Å²) in [5.74, 6) is -0.484. The average Bonchev–Trinajstić information content (AvgIpc) is 3.01. The number of esters is 1. The smallest absolute Gasteiger partial charge is 0.342 e. The number of nitrogens with one attached hydrogen (secondary N) is 2. The Balaban J connectivity index is 1.87. The summed E-state index contributed by atoms with van der Waals surface area (Å²) in [6.45, 7) is 3.97. The SMILES string of the molecule is COc1ccccc1C(=O)C1CNC=C(C(=O)OC(C)C)c2[nH]c3ccccc3c21. The molecule has 2 N–H and O–H groups in total. The van der Waals surface area contributed by atoms with Crippen LogP contribution in [-0.2, 0) is 9.53 Å². The van der Waals surface area contributed by atoms with E-state index in [1.807, 2.05) is 50.2 Å². The minimum atomic E-state index is -0.506. The Morgan fingerprint density at radius 1 is 1.07 bits per heavy atom. The molecule has 1 aliphatic rings. The van der Waals surface area contributed by atoms with Crippen molar-refractivity contribution >= 4 is 28.2 Å². The van der Waals surface area contributed by atoms with E-state index < -0.39 is 11.9 Å². The summed E-state index contributed by atoms with van der Waals surface area (Å²) in [5.41, 5.74) is 3.16. The number of aromatic amines is 1. The molecule has 2 aromatic carbocycles. The first-order valence-electron chi connectivity index (χ1n) is 9.94. The van der Waals surface area contributed by atoms with Crippen LogP contribution in [0.25, 0.3) is 16.5 Å². The number of hydrogen-bond acceptors (Lipinski definition) is 5. The Hall–Kier alpha value is -3.54. The maximum Gasteiger partial charge on any atom is 0.342 e. The van der Waals surface area contributed by atoms with Gasteiger partial charge < -0.3 is 19.8 Å². The van der Waals surface area contributed by atoms with E-state index in [0.29, 0.717) is 29.1 Å². The van der Waals surface area contributed by atoms with Gasteiger partial charge in [0.25, 0.3) is 0 Å². The number of methoxy groups -OCH3 is 1. The number of ether oxygens (including phenoxy) is 2. The monoisotopic (exact) mass is 404 g/mol. The number of carbonyl (C=O) groups is 2. The third-order valence-corrected chi connectivity index (χ3v) is 5.18. The van der Waals surface area contributed by atoms with E-state index in [1.54, 1.807) is 25.4 Å². The highest BCUT2D eigenvalue weighted by Crippen LogP contribution is 2.38. The van der Waals surface area contributed by atoms with Crippen molar-refractivity contribution in [2.45, 2.75) is 25.9 Å². The first kappa shape index (κ1) is 19.8. The lowest BCUT2D eigenvalue weighted by Crippen LogP contribution is -2.23. The van der Waals surface area contributed by atoms with E-state index in [2.05, 4.69) is 10.3 Å². The number of carbonyl (C=O) groups excluding carboxylic acids is 2. The van der Waals surface area contributed by atoms with Crippen molar-refractivity contribution in [1.82, 2.24) is 10.3 Å². The Morgan fingerprint density at radius 3 is 2.57 bits per heavy atom. The van der Waals surface area contributed by atoms with E-state index in [0.717, 1.165) is 16.5 Å². The van der Waals surface area contributed by atoms with Crippen molar-refractivity contribution in [1.29, 1.82) is 0 Å². The highest BCUT2D eigenvalue weighted by molar-refractivity contribution is 6.19. The number of Topliss-reactive ketones (excluding diaryl/α,β-unsaturated/α-hetero) is 1. The van der Waals surface area contributed by atoms with Gasteiger partial charge in [-0.15, -0.1) is 0 Å². The van der Waals surface area contributed by atoms with Gasteiger partial charge >= 0.3 is 5.97 Å². The molecule has 1 unspecified atom stereocenters. The minimum Gasteiger partial charge on any atom is -0.496 e. The molecule has 0 fully saturated rings. The van der Waals surface area contributed by atoms with Gasteiger partial charge in [0.2, 0.25) is 0 Å². The molecule has 1 atom stereocenters. The van der Waals surface area contributed by atoms with Crippen LogP contribution >= 0.6 is 0 Å². The Bertz CT molecular complexity index is 1140. The Morgan fingerprint density at radius 2 is 1.80 bits per heavy atom. The number of H-pyrrole nitrogens is 1. The van der Waals surface area contributed by atoms with Crippen LogP contribution in [0.4, 0.5) is 0 Å². The molecule has 3 aromatic rings. The molecule has 1 aromatic heterocycles. The van der Waals surface area contributed by atoms with Crippen molar-refractivity contribution < 1.29 is 19.1 Å². The van der Waals surface area contributed by atoms with Crippen LogP contribution in [0, 0.1) is 0 Å². The maximum absolute atomic E-state index is 13.6. The van der Waals surface area contributed by atoms with E-state index in [-0.39, 0.29) is 11.9 Å². The molecule has 1 aliphatic heterocycles. The molecule has 4 rings (SSSR count). The molecule has 0 saturated carbocycles. The van der Waals surface area contributed by atoms with Gasteiger partial charge in [-0.1, -0.05) is 30.3 Å². The number of ketones is 1. The highest BCUT2D eigenvalue weighted by atomic mass is 16.5. The molecular weight excluding hydrogens is 380 g/mol. The molecule has 30 heavy (non-hydrogen) atoms. The summed E-state index contributed by atoms with van der Waals surface area (Å²) < 4.78 is 10.9. The second-order valence-electron chi connectivity index (χ2n) is 7.50. The lowest BCUT2D eigenvalue weighted by atomic mass is 9.87. The van der Waals surface area contributed by atoms with Crippen LogP contribution in [0.1, 0.15) is 41.4 Å². The molecule has 0 spiro atoms. The average molecular weight is 404 g/mol. The van der Waals surface area contributed by atoms with Gasteiger partial charge in [-0.2, -0.15) is 0 Å². The largest absolute Gasteiger partial charge is 0.496 e. The standard InChI is InChI=1S/C24H24N2O4/c1-14(2)30-24(28)18-13-25-12-17(23(27)16-9-5-7-11-20(16)29-3)21-15-8-4-6-10-19(15)26-22(18)21/h4-11,13-14,17,25-26H,12H2,1-3H3. The molecular formula is C24H24N2O4. The zero-order chi connectivity index (χ0) is 21.3. The lowest BCUT2D eigenvalue weighted by Gasteiger charge is -2.17. The van der Waals surface area contributed by atoms with Crippen LogP contribution in [0.5, 0.6) is 5.75 Å². The molecule has 154 valence electrons. The predicted molar refractivity (Wildman–Crippen MR) is 116 cm³/mol. The summed E-state index contributed by atoms with van der Waals surface area (Å²) in [5, 5.41) is 4.05. The van der Waals surface area contributed by atoms with Crippen molar-refractivity contribution in [2.75, 3.05) is 13.7 Å². The van der Waals surface area contributed by atoms with Crippen molar-refractivity contribution in [3.63, 3.8) is 0 Å². The molecule has 2 heterocycles. The van der Waals surface area contributed by atoms with Crippen LogP contribution in [0.15, 0.2) is 54.7 Å². The number of para-hydroxylation sites is 2. The quantitative estimate of drug-likeness (QED) is 0.496. The minimum absolute atomic E-state index is 0.0715. The Kier molecular flexibility index (Phi) is 5.31. The van der Waals surface area contributed by atoms with E-state index in [9.17, 15) is 9.59 Å². The number of rotatable bonds is 5. The fraction of sp³-hybridized carbons (Fsp3) is 0.250. The summed E-state index contributed by atoms with van der Waals surface area (Å²) in [6.07, 6.45) is 1.38. The molecule has 0 saturated heterocycles. The lowest BCUT2D eigenvalue weighted by molar-refractivity contribution is -0.140. The van der Waals surface area contributed by atoms with E-state index in [4.69, 9.17) is 9.47 Å². The third kappa shape index (κ3) is 3.45. The second-order valence-corrected chi connectivity index (χ2v) is 7.50. The summed E-state index contributed by atoms with van der Waals surface area (Å²) in [6, 6.07) is 14.9. The van der Waals surface area contributed by atoms with Crippen LogP contribution in [0.2, 0.25) is 0 Å². The van der Waals surface area contributed by atoms with Crippen molar-refractivity contribution in [3.05, 3.63) is 71.6 Å². The van der Waals surface area contributed by atoms with Crippen molar-refractivity contribution in [3.8, 4) is 5.75 Å². The Labute approximate surface area is 174 Å². The fourth-order valence-corrected chi connectivity index (χ4v) is 3.89. The van der Waals surface area contributed by atoms with Gasteiger partial charge in [0.05, 0.1) is 36.0 Å². The van der Waals surface area contributed by atoms with Crippen LogP contribution < -0.4 is 10.1 Å². The number of hydrogen-bond donors (Lipinski definition) is 2. The van der Waals surface area contributed by atoms with E-state index >= 15 is 0 Å². The highest BCUT2D eigenvalue weighted by Gasteiger charge is 2.34. The maximum atomic E-state index is 13.6. The third-order valence-electron chi connectivity index (χ3n) is 5.18. The molecule has 6 heteroatoms. The zero-order valence-electron chi connectivity index (χ0n) is 17.2. The van der Waals surface area contributed by atoms with Gasteiger partial charge in [0.1, 0.15) is 5.75 Å². The van der Waals surface area contributed by atoms with E-state index in [1.165, 1.54) is 0 Å². The number of aromatic nitrogens is 1. The molecule has 0 aliphatic carbocycles. The fourth-order valence-electron chi connectivity index (χ4n) is 3.89. The van der Waals surface area contributed by atoms with Crippen LogP contribution in [0.3, 0.4) is 0 Å². The van der Waals surface area contributed by atoms with Gasteiger partial charge in [-0.05, 0) is 37.6 Å².